The van der Waals surface area contributed by atoms with Gasteiger partial charge in [0.1, 0.15) is 11.6 Å². The van der Waals surface area contributed by atoms with Crippen LogP contribution in [0.2, 0.25) is 0 Å². The quantitative estimate of drug-likeness (QED) is 0.821. The number of nitrogens with zero attached hydrogens (tertiary/aromatic N) is 2. The Morgan fingerprint density at radius 2 is 1.85 bits per heavy atom. The van der Waals surface area contributed by atoms with E-state index in [-0.39, 0.29) is 11.7 Å². The number of aromatic nitrogens is 1. The number of hydrogen-bond acceptors (Lipinski definition) is 3. The molecular weight excluding hydrogens is 329 g/mol. The molecule has 0 unspecified atom stereocenters. The summed E-state index contributed by atoms with van der Waals surface area (Å²) in [5.41, 5.74) is 1.36. The lowest BCUT2D eigenvalue weighted by Crippen LogP contribution is -2.49. The van der Waals surface area contributed by atoms with E-state index >= 15 is 0 Å². The molecule has 2 aromatic rings. The molecule has 1 aromatic carbocycles. The summed E-state index contributed by atoms with van der Waals surface area (Å²) in [5.74, 6) is 0.693. The normalized spacial score (nSPS) is 15.2. The zero-order valence-electron chi connectivity index (χ0n) is 15.5. The lowest BCUT2D eigenvalue weighted by molar-refractivity contribution is -0.130. The van der Waals surface area contributed by atoms with Crippen molar-refractivity contribution in [1.29, 1.82) is 0 Å². The second-order valence-corrected chi connectivity index (χ2v) is 6.82. The van der Waals surface area contributed by atoms with Crippen LogP contribution in [0.25, 0.3) is 0 Å². The second kappa shape index (κ2) is 7.85. The van der Waals surface area contributed by atoms with Crippen molar-refractivity contribution < 1.29 is 9.18 Å². The van der Waals surface area contributed by atoms with E-state index in [4.69, 9.17) is 0 Å². The van der Waals surface area contributed by atoms with E-state index in [1.165, 1.54) is 12.1 Å². The minimum absolute atomic E-state index is 0.0168. The van der Waals surface area contributed by atoms with E-state index in [2.05, 4.69) is 29.0 Å². The molecule has 0 radical (unpaired) electrons. The van der Waals surface area contributed by atoms with Crippen LogP contribution in [0.4, 0.5) is 10.2 Å². The van der Waals surface area contributed by atoms with Gasteiger partial charge in [0.15, 0.2) is 0 Å². The van der Waals surface area contributed by atoms with Gasteiger partial charge in [-0.1, -0.05) is 24.6 Å². The summed E-state index contributed by atoms with van der Waals surface area (Å²) < 4.78 is 13.2. The Morgan fingerprint density at radius 3 is 2.35 bits per heavy atom. The molecule has 1 heterocycles. The van der Waals surface area contributed by atoms with E-state index in [1.54, 1.807) is 12.1 Å². The van der Waals surface area contributed by atoms with Crippen LogP contribution in [-0.4, -0.2) is 24.0 Å². The van der Waals surface area contributed by atoms with E-state index < -0.39 is 5.41 Å². The maximum atomic E-state index is 13.2. The van der Waals surface area contributed by atoms with Gasteiger partial charge in [0.25, 0.3) is 0 Å². The average Bonchev–Trinajstić information content (AvgIpc) is 2.63. The number of carbonyl (C=O) groups is 1. The third kappa shape index (κ3) is 3.57. The third-order valence-corrected chi connectivity index (χ3v) is 5.39. The van der Waals surface area contributed by atoms with Crippen molar-refractivity contribution in [3.63, 3.8) is 0 Å². The molecule has 1 N–H and O–H groups in total. The highest BCUT2D eigenvalue weighted by Crippen LogP contribution is 2.44. The van der Waals surface area contributed by atoms with Crippen LogP contribution in [0.3, 0.4) is 0 Å². The van der Waals surface area contributed by atoms with Crippen molar-refractivity contribution in [2.75, 3.05) is 18.0 Å². The van der Waals surface area contributed by atoms with Gasteiger partial charge in [-0.3, -0.25) is 4.79 Å². The first-order valence-corrected chi connectivity index (χ1v) is 9.33. The molecule has 1 aliphatic carbocycles. The lowest BCUT2D eigenvalue weighted by Gasteiger charge is -2.40. The Morgan fingerprint density at radius 1 is 1.15 bits per heavy atom. The Balaban J connectivity index is 1.65. The fourth-order valence-electron chi connectivity index (χ4n) is 3.55. The summed E-state index contributed by atoms with van der Waals surface area (Å²) >= 11 is 0. The number of pyridine rings is 1. The van der Waals surface area contributed by atoms with Gasteiger partial charge in [-0.15, -0.1) is 0 Å². The molecule has 0 saturated heterocycles. The summed E-state index contributed by atoms with van der Waals surface area (Å²) in [5, 5.41) is 3.05. The molecule has 1 aromatic heterocycles. The van der Waals surface area contributed by atoms with Crippen molar-refractivity contribution in [1.82, 2.24) is 10.3 Å². The molecule has 1 saturated carbocycles. The molecule has 26 heavy (non-hydrogen) atoms. The molecule has 1 fully saturated rings. The average molecular weight is 355 g/mol. The molecule has 0 aliphatic heterocycles. The first-order chi connectivity index (χ1) is 12.6. The second-order valence-electron chi connectivity index (χ2n) is 6.82. The molecule has 0 spiro atoms. The third-order valence-electron chi connectivity index (χ3n) is 5.39. The Labute approximate surface area is 154 Å². The molecule has 3 rings (SSSR count). The van der Waals surface area contributed by atoms with Gasteiger partial charge in [-0.2, -0.15) is 0 Å². The summed E-state index contributed by atoms with van der Waals surface area (Å²) in [6.07, 6.45) is 4.46. The highest BCUT2D eigenvalue weighted by molar-refractivity contribution is 5.89. The van der Waals surface area contributed by atoms with E-state index in [9.17, 15) is 9.18 Å². The fraction of sp³-hybridized carbons (Fsp3) is 0.429. The summed E-state index contributed by atoms with van der Waals surface area (Å²) in [4.78, 5) is 19.5. The zero-order valence-corrected chi connectivity index (χ0v) is 15.5. The molecule has 5 heteroatoms. The van der Waals surface area contributed by atoms with Crippen LogP contribution >= 0.6 is 0 Å². The predicted molar refractivity (Wildman–Crippen MR) is 102 cm³/mol. The number of benzene rings is 1. The first-order valence-electron chi connectivity index (χ1n) is 9.33. The highest BCUT2D eigenvalue weighted by Gasteiger charge is 2.45. The van der Waals surface area contributed by atoms with Crippen molar-refractivity contribution in [2.45, 2.75) is 45.1 Å². The summed E-state index contributed by atoms with van der Waals surface area (Å²) in [7, 11) is 0. The van der Waals surface area contributed by atoms with Gasteiger partial charge < -0.3 is 10.2 Å². The standard InChI is InChI=1S/C21H26FN3O/c1-3-25(4-2)19-11-6-16(14-23-19)15-24-20(26)21(12-5-13-21)17-7-9-18(22)10-8-17/h6-11,14H,3-5,12-13,15H2,1-2H3,(H,24,26). The van der Waals surface area contributed by atoms with Crippen molar-refractivity contribution in [3.05, 3.63) is 59.5 Å². The molecule has 4 nitrogen and oxygen atoms in total. The van der Waals surface area contributed by atoms with Crippen LogP contribution in [0.15, 0.2) is 42.6 Å². The maximum absolute atomic E-state index is 13.2. The number of halogens is 1. The van der Waals surface area contributed by atoms with E-state index in [0.717, 1.165) is 49.3 Å². The van der Waals surface area contributed by atoms with Gasteiger partial charge in [0.2, 0.25) is 5.91 Å². The van der Waals surface area contributed by atoms with E-state index in [1.807, 2.05) is 18.3 Å². The number of anilines is 1. The smallest absolute Gasteiger partial charge is 0.230 e. The van der Waals surface area contributed by atoms with Crippen LogP contribution in [0, 0.1) is 5.82 Å². The maximum Gasteiger partial charge on any atom is 0.230 e. The van der Waals surface area contributed by atoms with Gasteiger partial charge >= 0.3 is 0 Å². The minimum Gasteiger partial charge on any atom is -0.357 e. The Bertz CT molecular complexity index is 735. The number of carbonyl (C=O) groups excluding carboxylic acids is 1. The fourth-order valence-corrected chi connectivity index (χ4v) is 3.55. The van der Waals surface area contributed by atoms with Crippen molar-refractivity contribution in [3.8, 4) is 0 Å². The SMILES string of the molecule is CCN(CC)c1ccc(CNC(=O)C2(c3ccc(F)cc3)CCC2)cn1. The molecule has 0 atom stereocenters. The van der Waals surface area contributed by atoms with Gasteiger partial charge in [-0.25, -0.2) is 9.37 Å². The van der Waals surface area contributed by atoms with Crippen LogP contribution < -0.4 is 10.2 Å². The predicted octanol–water partition coefficient (Wildman–Crippen LogP) is 3.81. The Hall–Kier alpha value is -2.43. The molecule has 0 bridgehead atoms. The largest absolute Gasteiger partial charge is 0.357 e. The van der Waals surface area contributed by atoms with Crippen molar-refractivity contribution in [2.24, 2.45) is 0 Å². The Kier molecular flexibility index (Phi) is 5.55. The number of nitrogens with one attached hydrogen (secondary N) is 1. The highest BCUT2D eigenvalue weighted by atomic mass is 19.1. The topological polar surface area (TPSA) is 45.2 Å². The zero-order chi connectivity index (χ0) is 18.6. The number of hydrogen-bond donors (Lipinski definition) is 1. The number of amides is 1. The summed E-state index contributed by atoms with van der Waals surface area (Å²) in [6, 6.07) is 10.3. The van der Waals surface area contributed by atoms with Gasteiger partial charge in [0, 0.05) is 25.8 Å². The molecular formula is C21H26FN3O. The first kappa shape index (κ1) is 18.4. The van der Waals surface area contributed by atoms with Crippen LogP contribution in [0.5, 0.6) is 0 Å². The molecule has 1 aliphatic rings. The van der Waals surface area contributed by atoms with Crippen LogP contribution in [0.1, 0.15) is 44.2 Å². The minimum atomic E-state index is -0.512. The van der Waals surface area contributed by atoms with Gasteiger partial charge in [0.05, 0.1) is 5.41 Å². The van der Waals surface area contributed by atoms with E-state index in [0.29, 0.717) is 6.54 Å². The van der Waals surface area contributed by atoms with Crippen LogP contribution in [-0.2, 0) is 16.8 Å². The monoisotopic (exact) mass is 355 g/mol. The van der Waals surface area contributed by atoms with Gasteiger partial charge in [-0.05, 0) is 56.0 Å². The molecule has 138 valence electrons. The van der Waals surface area contributed by atoms with Crippen molar-refractivity contribution >= 4 is 11.7 Å². The summed E-state index contributed by atoms with van der Waals surface area (Å²) in [6.45, 7) is 6.49. The lowest BCUT2D eigenvalue weighted by atomic mass is 9.64. The molecule has 1 amide bonds. The number of rotatable bonds is 7.